The van der Waals surface area contributed by atoms with E-state index in [2.05, 4.69) is 4.98 Å². The Morgan fingerprint density at radius 3 is 2.48 bits per heavy atom. The van der Waals surface area contributed by atoms with Gasteiger partial charge in [0.05, 0.1) is 22.3 Å². The first-order chi connectivity index (χ1) is 11.1. The summed E-state index contributed by atoms with van der Waals surface area (Å²) in [7, 11) is 0. The number of carbonyl (C=O) groups excluding carboxylic acids is 3. The van der Waals surface area contributed by atoms with E-state index in [4.69, 9.17) is 4.84 Å². The van der Waals surface area contributed by atoms with Crippen LogP contribution in [0.5, 0.6) is 0 Å². The van der Waals surface area contributed by atoms with Crippen LogP contribution in [0, 0.1) is 5.92 Å². The summed E-state index contributed by atoms with van der Waals surface area (Å²) in [6.07, 6.45) is 4.71. The number of aromatic nitrogens is 1. The topological polar surface area (TPSA) is 76.6 Å². The lowest BCUT2D eigenvalue weighted by Gasteiger charge is -2.11. The minimum absolute atomic E-state index is 0.240. The van der Waals surface area contributed by atoms with Crippen molar-refractivity contribution >= 4 is 29.1 Å². The number of carbonyl (C=O) groups is 3. The van der Waals surface area contributed by atoms with Crippen molar-refractivity contribution < 1.29 is 19.2 Å². The molecule has 2 heterocycles. The number of fused-ring (bicyclic) bond motifs is 1. The largest absolute Gasteiger partial charge is 0.375 e. The number of imide groups is 1. The maximum Gasteiger partial charge on any atom is 0.375 e. The second kappa shape index (κ2) is 5.27. The van der Waals surface area contributed by atoms with Gasteiger partial charge in [-0.2, -0.15) is 0 Å². The van der Waals surface area contributed by atoms with E-state index in [0.29, 0.717) is 11.0 Å². The number of nitrogens with zero attached hydrogens (tertiary/aromatic N) is 2. The summed E-state index contributed by atoms with van der Waals surface area (Å²) >= 11 is 1.24. The molecule has 0 N–H and O–H groups in total. The van der Waals surface area contributed by atoms with Crippen LogP contribution in [-0.4, -0.2) is 27.8 Å². The number of hydroxylamine groups is 2. The third-order valence-corrected chi connectivity index (χ3v) is 4.85. The normalized spacial score (nSPS) is 16.6. The minimum atomic E-state index is -0.737. The van der Waals surface area contributed by atoms with Crippen molar-refractivity contribution in [2.45, 2.75) is 19.3 Å². The van der Waals surface area contributed by atoms with Crippen molar-refractivity contribution in [1.29, 1.82) is 0 Å². The number of rotatable bonds is 4. The van der Waals surface area contributed by atoms with E-state index in [-0.39, 0.29) is 16.0 Å². The van der Waals surface area contributed by atoms with E-state index in [1.165, 1.54) is 42.5 Å². The number of hydrogen-bond donors (Lipinski definition) is 0. The highest BCUT2D eigenvalue weighted by atomic mass is 32.1. The van der Waals surface area contributed by atoms with E-state index in [1.807, 2.05) is 0 Å². The summed E-state index contributed by atoms with van der Waals surface area (Å²) in [6, 6.07) is 6.37. The van der Waals surface area contributed by atoms with E-state index in [9.17, 15) is 14.4 Å². The summed E-state index contributed by atoms with van der Waals surface area (Å²) in [4.78, 5) is 45.9. The monoisotopic (exact) mass is 328 g/mol. The highest BCUT2D eigenvalue weighted by Gasteiger charge is 2.39. The predicted octanol–water partition coefficient (Wildman–Crippen LogP) is 2.46. The first-order valence-electron chi connectivity index (χ1n) is 7.28. The molecule has 2 amide bonds. The van der Waals surface area contributed by atoms with E-state index >= 15 is 0 Å². The molecule has 0 spiro atoms. The van der Waals surface area contributed by atoms with Gasteiger partial charge in [-0.05, 0) is 30.9 Å². The molecule has 0 unspecified atom stereocenters. The Bertz CT molecular complexity index is 790. The zero-order chi connectivity index (χ0) is 16.0. The Kier molecular flexibility index (Phi) is 3.23. The molecule has 1 aliphatic heterocycles. The van der Waals surface area contributed by atoms with Crippen LogP contribution in [0.3, 0.4) is 0 Å². The first-order valence-corrected chi connectivity index (χ1v) is 8.10. The Balaban J connectivity index is 1.49. The highest BCUT2D eigenvalue weighted by Crippen LogP contribution is 2.33. The molecule has 1 saturated carbocycles. The predicted molar refractivity (Wildman–Crippen MR) is 80.9 cm³/mol. The van der Waals surface area contributed by atoms with Crippen LogP contribution < -0.4 is 0 Å². The summed E-state index contributed by atoms with van der Waals surface area (Å²) in [5, 5.41) is 1.40. The summed E-state index contributed by atoms with van der Waals surface area (Å²) in [6.45, 7) is 0. The number of thiazole rings is 1. The molecule has 7 heteroatoms. The van der Waals surface area contributed by atoms with E-state index in [0.717, 1.165) is 11.4 Å². The molecule has 0 bridgehead atoms. The lowest BCUT2D eigenvalue weighted by molar-refractivity contribution is -0.0581. The van der Waals surface area contributed by atoms with Gasteiger partial charge in [0, 0.05) is 6.42 Å². The first kappa shape index (κ1) is 14.1. The molecule has 116 valence electrons. The van der Waals surface area contributed by atoms with Gasteiger partial charge in [0.15, 0.2) is 0 Å². The highest BCUT2D eigenvalue weighted by molar-refractivity contribution is 7.13. The second-order valence-electron chi connectivity index (χ2n) is 5.59. The molecule has 1 aromatic heterocycles. The van der Waals surface area contributed by atoms with Gasteiger partial charge in [0.25, 0.3) is 11.8 Å². The van der Waals surface area contributed by atoms with Crippen LogP contribution in [0.4, 0.5) is 0 Å². The quantitative estimate of drug-likeness (QED) is 0.806. The molecule has 4 rings (SSSR count). The van der Waals surface area contributed by atoms with Crippen molar-refractivity contribution in [2.24, 2.45) is 5.92 Å². The van der Waals surface area contributed by atoms with Crippen LogP contribution >= 0.6 is 11.3 Å². The van der Waals surface area contributed by atoms with Gasteiger partial charge in [-0.15, -0.1) is 11.3 Å². The molecule has 1 aliphatic carbocycles. The van der Waals surface area contributed by atoms with Gasteiger partial charge < -0.3 is 4.84 Å². The van der Waals surface area contributed by atoms with Crippen molar-refractivity contribution in [2.75, 3.05) is 0 Å². The molecule has 23 heavy (non-hydrogen) atoms. The maximum atomic E-state index is 12.2. The van der Waals surface area contributed by atoms with Crippen LogP contribution in [0.1, 0.15) is 48.2 Å². The third kappa shape index (κ3) is 2.53. The fourth-order valence-corrected chi connectivity index (χ4v) is 3.35. The Hall–Kier alpha value is -2.54. The van der Waals surface area contributed by atoms with Gasteiger partial charge >= 0.3 is 5.97 Å². The SMILES string of the molecule is O=C(ON1C(=O)c2ccccc2C1=O)c1cnc(CC2CC2)s1. The van der Waals surface area contributed by atoms with Crippen molar-refractivity contribution in [3.63, 3.8) is 0 Å². The van der Waals surface area contributed by atoms with Gasteiger partial charge in [-0.1, -0.05) is 17.2 Å². The molecule has 0 atom stereocenters. The molecular weight excluding hydrogens is 316 g/mol. The minimum Gasteiger partial charge on any atom is -0.323 e. The van der Waals surface area contributed by atoms with E-state index in [1.54, 1.807) is 12.1 Å². The Morgan fingerprint density at radius 1 is 1.22 bits per heavy atom. The van der Waals surface area contributed by atoms with E-state index < -0.39 is 17.8 Å². The van der Waals surface area contributed by atoms with Crippen LogP contribution in [0.15, 0.2) is 30.5 Å². The number of benzene rings is 1. The van der Waals surface area contributed by atoms with Crippen LogP contribution in [0.25, 0.3) is 0 Å². The second-order valence-corrected chi connectivity index (χ2v) is 6.71. The number of amides is 2. The zero-order valence-electron chi connectivity index (χ0n) is 12.0. The summed E-state index contributed by atoms with van der Waals surface area (Å²) < 4.78 is 0. The average Bonchev–Trinajstić information content (AvgIpc) is 3.19. The zero-order valence-corrected chi connectivity index (χ0v) is 12.8. The fraction of sp³-hybridized carbons (Fsp3) is 0.250. The Morgan fingerprint density at radius 2 is 1.87 bits per heavy atom. The lowest BCUT2D eigenvalue weighted by Crippen LogP contribution is -2.32. The average molecular weight is 328 g/mol. The standard InChI is InChI=1S/C16H12N2O4S/c19-14-10-3-1-2-4-11(10)15(20)18(14)22-16(21)12-8-17-13(23-12)7-9-5-6-9/h1-4,8-9H,5-7H2. The van der Waals surface area contributed by atoms with Crippen LogP contribution in [-0.2, 0) is 11.3 Å². The molecule has 0 radical (unpaired) electrons. The molecular formula is C16H12N2O4S. The lowest BCUT2D eigenvalue weighted by atomic mass is 10.1. The maximum absolute atomic E-state index is 12.2. The molecule has 2 aromatic rings. The summed E-state index contributed by atoms with van der Waals surface area (Å²) in [5.41, 5.74) is 0.480. The molecule has 2 aliphatic rings. The molecule has 0 saturated heterocycles. The van der Waals surface area contributed by atoms with Gasteiger partial charge in [-0.3, -0.25) is 9.59 Å². The molecule has 1 aromatic carbocycles. The van der Waals surface area contributed by atoms with Crippen molar-refractivity contribution in [1.82, 2.24) is 10.0 Å². The molecule has 6 nitrogen and oxygen atoms in total. The van der Waals surface area contributed by atoms with Gasteiger partial charge in [0.1, 0.15) is 4.88 Å². The van der Waals surface area contributed by atoms with Crippen molar-refractivity contribution in [3.8, 4) is 0 Å². The third-order valence-electron chi connectivity index (χ3n) is 3.85. The molecule has 1 fully saturated rings. The van der Waals surface area contributed by atoms with Crippen molar-refractivity contribution in [3.05, 3.63) is 51.5 Å². The Labute approximate surface area is 135 Å². The number of hydrogen-bond acceptors (Lipinski definition) is 6. The van der Waals surface area contributed by atoms with Crippen LogP contribution in [0.2, 0.25) is 0 Å². The summed E-state index contributed by atoms with van der Waals surface area (Å²) in [5.74, 6) is -1.32. The smallest absolute Gasteiger partial charge is 0.323 e. The van der Waals surface area contributed by atoms with Gasteiger partial charge in [-0.25, -0.2) is 9.78 Å². The van der Waals surface area contributed by atoms with Gasteiger partial charge in [0.2, 0.25) is 0 Å². The fourth-order valence-electron chi connectivity index (χ4n) is 2.45.